The van der Waals surface area contributed by atoms with Crippen LogP contribution in [-0.2, 0) is 26.0 Å². The predicted octanol–water partition coefficient (Wildman–Crippen LogP) is 5.63. The van der Waals surface area contributed by atoms with E-state index in [9.17, 15) is 14.4 Å². The highest BCUT2D eigenvalue weighted by atomic mass is 32.1. The third-order valence-corrected chi connectivity index (χ3v) is 8.41. The number of aryl methyl sites for hydroxylation is 4. The fourth-order valence-corrected chi connectivity index (χ4v) is 5.40. The maximum absolute atomic E-state index is 13.5. The Morgan fingerprint density at radius 3 is 1.74 bits per heavy atom. The molecule has 1 aliphatic rings. The average molecular weight is 653 g/mol. The van der Waals surface area contributed by atoms with E-state index in [2.05, 4.69) is 9.97 Å². The molecule has 1 fully saturated rings. The van der Waals surface area contributed by atoms with Gasteiger partial charge in [-0.15, -0.1) is 0 Å². The van der Waals surface area contributed by atoms with Crippen molar-refractivity contribution in [3.63, 3.8) is 0 Å². The van der Waals surface area contributed by atoms with Gasteiger partial charge in [0.2, 0.25) is 0 Å². The number of aromatic nitrogens is 4. The lowest BCUT2D eigenvalue weighted by molar-refractivity contribution is -0.0606. The maximum Gasteiger partial charge on any atom is 0.338 e. The summed E-state index contributed by atoms with van der Waals surface area (Å²) in [5, 5.41) is 0. The number of hydrogen-bond acceptors (Lipinski definition) is 10. The number of ether oxygens (including phenoxy) is 4. The number of benzene rings is 3. The molecule has 1 aliphatic heterocycles. The van der Waals surface area contributed by atoms with Gasteiger partial charge < -0.3 is 23.5 Å². The number of hydrogen-bond donors (Lipinski definition) is 0. The van der Waals surface area contributed by atoms with Crippen LogP contribution in [0.15, 0.2) is 85.5 Å². The van der Waals surface area contributed by atoms with E-state index >= 15 is 0 Å². The molecule has 0 N–H and O–H groups in total. The summed E-state index contributed by atoms with van der Waals surface area (Å²) in [5.41, 5.74) is 4.64. The highest BCUT2D eigenvalue weighted by Crippen LogP contribution is 2.37. The van der Waals surface area contributed by atoms with Gasteiger partial charge in [-0.3, -0.25) is 4.57 Å². The van der Waals surface area contributed by atoms with Gasteiger partial charge in [0, 0.05) is 7.05 Å². The van der Waals surface area contributed by atoms with Crippen LogP contribution in [0.1, 0.15) is 54.0 Å². The molecule has 240 valence electrons. The molecule has 0 bridgehead atoms. The van der Waals surface area contributed by atoms with Crippen LogP contribution in [0.5, 0.6) is 0 Å². The van der Waals surface area contributed by atoms with E-state index in [1.165, 1.54) is 6.33 Å². The Balaban J connectivity index is 1.38. The van der Waals surface area contributed by atoms with E-state index in [-0.39, 0.29) is 12.2 Å². The van der Waals surface area contributed by atoms with Gasteiger partial charge in [-0.25, -0.2) is 24.4 Å². The quantitative estimate of drug-likeness (QED) is 0.118. The monoisotopic (exact) mass is 652 g/mol. The number of carbonyl (C=O) groups is 3. The minimum atomic E-state index is -1.21. The summed E-state index contributed by atoms with van der Waals surface area (Å²) in [4.78, 5) is 49.0. The van der Waals surface area contributed by atoms with Crippen LogP contribution in [0.25, 0.3) is 11.2 Å². The zero-order valence-corrected chi connectivity index (χ0v) is 27.0. The molecule has 0 saturated carbocycles. The van der Waals surface area contributed by atoms with Gasteiger partial charge in [-0.1, -0.05) is 65.3 Å². The van der Waals surface area contributed by atoms with Crippen molar-refractivity contribution in [2.24, 2.45) is 7.05 Å². The van der Waals surface area contributed by atoms with Crippen molar-refractivity contribution >= 4 is 41.3 Å². The van der Waals surface area contributed by atoms with Crippen LogP contribution in [0.4, 0.5) is 0 Å². The number of nitrogens with zero attached hydrogens (tertiary/aromatic N) is 4. The summed E-state index contributed by atoms with van der Waals surface area (Å²) < 4.78 is 27.9. The molecule has 0 radical (unpaired) electrons. The summed E-state index contributed by atoms with van der Waals surface area (Å²) in [6.45, 7) is 5.41. The molecule has 0 spiro atoms. The van der Waals surface area contributed by atoms with Crippen LogP contribution in [0, 0.1) is 25.4 Å². The Bertz CT molecular complexity index is 2000. The fraction of sp³-hybridized carbons (Fsp3) is 0.257. The fourth-order valence-electron chi connectivity index (χ4n) is 5.21. The number of fused-ring (bicyclic) bond motifs is 1. The van der Waals surface area contributed by atoms with E-state index in [1.54, 1.807) is 95.3 Å². The van der Waals surface area contributed by atoms with Crippen molar-refractivity contribution in [1.29, 1.82) is 0 Å². The number of imidazole rings is 1. The van der Waals surface area contributed by atoms with Crippen molar-refractivity contribution in [2.75, 3.05) is 6.61 Å². The molecule has 0 amide bonds. The van der Waals surface area contributed by atoms with E-state index in [4.69, 9.17) is 31.2 Å². The number of rotatable bonds is 8. The molecule has 4 atom stereocenters. The third-order valence-electron chi connectivity index (χ3n) is 7.93. The first-order valence-electron chi connectivity index (χ1n) is 14.9. The van der Waals surface area contributed by atoms with Gasteiger partial charge >= 0.3 is 17.9 Å². The predicted molar refractivity (Wildman–Crippen MR) is 173 cm³/mol. The minimum Gasteiger partial charge on any atom is -0.459 e. The number of carbonyl (C=O) groups excluding carboxylic acids is 3. The molecular formula is C35H32N4O7S. The largest absolute Gasteiger partial charge is 0.459 e. The molecule has 0 unspecified atom stereocenters. The van der Waals surface area contributed by atoms with Gasteiger partial charge in [-0.05, 0) is 57.2 Å². The molecule has 3 aromatic carbocycles. The normalized spacial score (nSPS) is 19.0. The average Bonchev–Trinajstić information content (AvgIpc) is 3.64. The minimum absolute atomic E-state index is 0.288. The van der Waals surface area contributed by atoms with Gasteiger partial charge in [0.05, 0.1) is 29.3 Å². The first kappa shape index (κ1) is 31.8. The second-order valence-corrected chi connectivity index (χ2v) is 11.9. The lowest BCUT2D eigenvalue weighted by atomic mass is 10.1. The van der Waals surface area contributed by atoms with Gasteiger partial charge in [0.25, 0.3) is 0 Å². The maximum atomic E-state index is 13.5. The molecule has 47 heavy (non-hydrogen) atoms. The Morgan fingerprint density at radius 1 is 0.723 bits per heavy atom. The molecule has 1 saturated heterocycles. The Labute approximate surface area is 275 Å². The van der Waals surface area contributed by atoms with E-state index in [1.807, 2.05) is 20.8 Å². The molecule has 2 aromatic heterocycles. The summed E-state index contributed by atoms with van der Waals surface area (Å²) in [6.07, 6.45) is -1.51. The summed E-state index contributed by atoms with van der Waals surface area (Å²) >= 11 is 5.54. The first-order chi connectivity index (χ1) is 22.6. The first-order valence-corrected chi connectivity index (χ1v) is 15.3. The highest BCUT2D eigenvalue weighted by Gasteiger charge is 2.52. The Kier molecular flexibility index (Phi) is 8.97. The van der Waals surface area contributed by atoms with Crippen molar-refractivity contribution in [3.8, 4) is 0 Å². The van der Waals surface area contributed by atoms with Crippen molar-refractivity contribution in [2.45, 2.75) is 45.3 Å². The van der Waals surface area contributed by atoms with E-state index in [0.717, 1.165) is 16.7 Å². The summed E-state index contributed by atoms with van der Waals surface area (Å²) in [6, 6.07) is 20.7. The van der Waals surface area contributed by atoms with Gasteiger partial charge in [-0.2, -0.15) is 0 Å². The van der Waals surface area contributed by atoms with Crippen LogP contribution in [0.3, 0.4) is 0 Å². The highest BCUT2D eigenvalue weighted by molar-refractivity contribution is 7.71. The lowest BCUT2D eigenvalue weighted by Crippen LogP contribution is -2.41. The van der Waals surface area contributed by atoms with Crippen LogP contribution in [0.2, 0.25) is 0 Å². The second kappa shape index (κ2) is 13.3. The van der Waals surface area contributed by atoms with Gasteiger partial charge in [0.15, 0.2) is 24.1 Å². The SMILES string of the molecule is Cc1ccc(C(=O)OC[C@H]2O[C@@H](n3cnc4c(=S)n(C)cnc43)[C@H](OC(=O)c3ccc(C)cc3)[C@@H]2OC(=O)c2ccc(C)cc2)cc1. The summed E-state index contributed by atoms with van der Waals surface area (Å²) in [7, 11) is 1.75. The Morgan fingerprint density at radius 2 is 1.21 bits per heavy atom. The molecule has 12 heteroatoms. The molecule has 11 nitrogen and oxygen atoms in total. The van der Waals surface area contributed by atoms with Crippen molar-refractivity contribution in [3.05, 3.63) is 123 Å². The Hall–Kier alpha value is -5.20. The third kappa shape index (κ3) is 6.69. The van der Waals surface area contributed by atoms with E-state index in [0.29, 0.717) is 26.9 Å². The smallest absolute Gasteiger partial charge is 0.338 e. The zero-order chi connectivity index (χ0) is 33.2. The molecule has 0 aliphatic carbocycles. The zero-order valence-electron chi connectivity index (χ0n) is 26.2. The second-order valence-electron chi connectivity index (χ2n) is 11.5. The molecule has 3 heterocycles. The lowest BCUT2D eigenvalue weighted by Gasteiger charge is -2.25. The number of esters is 3. The van der Waals surface area contributed by atoms with Crippen LogP contribution < -0.4 is 0 Å². The van der Waals surface area contributed by atoms with Crippen molar-refractivity contribution in [1.82, 2.24) is 19.1 Å². The standard InChI is InChI=1S/C35H32N4O7S/c1-20-5-11-23(12-6-20)33(40)43-17-26-28(45-34(41)24-13-7-21(2)8-14-24)29(46-35(42)25-15-9-22(3)10-16-25)31(44-26)39-19-36-27-30(39)37-18-38(4)32(27)47/h5-16,18-19,26,28-29,31H,17H2,1-4H3/t26-,28-,29-,31-/m1/s1. The van der Waals surface area contributed by atoms with Crippen molar-refractivity contribution < 1.29 is 33.3 Å². The molecule has 5 aromatic rings. The van der Waals surface area contributed by atoms with E-state index < -0.39 is 42.4 Å². The van der Waals surface area contributed by atoms with Gasteiger partial charge in [0.1, 0.15) is 22.9 Å². The van der Waals surface area contributed by atoms with Crippen LogP contribution in [-0.4, -0.2) is 61.9 Å². The molecular weight excluding hydrogens is 620 g/mol. The molecule has 6 rings (SSSR count). The van der Waals surface area contributed by atoms with Crippen LogP contribution >= 0.6 is 12.2 Å². The topological polar surface area (TPSA) is 124 Å². The summed E-state index contributed by atoms with van der Waals surface area (Å²) in [5.74, 6) is -1.92.